The van der Waals surface area contributed by atoms with Gasteiger partial charge in [-0.25, -0.2) is 0 Å². The Labute approximate surface area is 103 Å². The molecule has 0 aliphatic rings. The quantitative estimate of drug-likeness (QED) is 0.868. The molecule has 0 aliphatic carbocycles. The molecule has 1 atom stereocenters. The van der Waals surface area contributed by atoms with Gasteiger partial charge in [0.05, 0.1) is 12.7 Å². The van der Waals surface area contributed by atoms with Gasteiger partial charge in [-0.3, -0.25) is 0 Å². The van der Waals surface area contributed by atoms with Gasteiger partial charge >= 0.3 is 0 Å². The number of rotatable bonds is 4. The van der Waals surface area contributed by atoms with Crippen LogP contribution in [-0.2, 0) is 0 Å². The van der Waals surface area contributed by atoms with Crippen LogP contribution in [0.1, 0.15) is 30.0 Å². The van der Waals surface area contributed by atoms with Crippen LogP contribution in [0.3, 0.4) is 0 Å². The van der Waals surface area contributed by atoms with Crippen molar-refractivity contribution >= 4 is 0 Å². The molecule has 0 radical (unpaired) electrons. The van der Waals surface area contributed by atoms with E-state index in [-0.39, 0.29) is 0 Å². The van der Waals surface area contributed by atoms with Crippen LogP contribution in [0.2, 0.25) is 0 Å². The van der Waals surface area contributed by atoms with Gasteiger partial charge in [-0.15, -0.1) is 0 Å². The number of nitrogens with zero attached hydrogens (tertiary/aromatic N) is 1. The summed E-state index contributed by atoms with van der Waals surface area (Å²) in [6.07, 6.45) is 0.524. The Balaban J connectivity index is 2.68. The second-order valence-corrected chi connectivity index (χ2v) is 4.86. The monoisotopic (exact) mass is 232 g/mol. The topological polar surface area (TPSA) is 59.0 Å². The molecule has 3 nitrogen and oxygen atoms in total. The Kier molecular flexibility index (Phi) is 4.14. The van der Waals surface area contributed by atoms with E-state index in [2.05, 4.69) is 25.1 Å². The lowest BCUT2D eigenvalue weighted by Crippen LogP contribution is -2.35. The molecule has 2 N–H and O–H groups in total. The molecule has 0 aromatic heterocycles. The molecular formula is C14H20N2O. The van der Waals surface area contributed by atoms with E-state index in [1.54, 1.807) is 6.92 Å². The van der Waals surface area contributed by atoms with Crippen molar-refractivity contribution in [1.29, 1.82) is 5.26 Å². The zero-order valence-electron chi connectivity index (χ0n) is 11.0. The Morgan fingerprint density at radius 2 is 1.82 bits per heavy atom. The highest BCUT2D eigenvalue weighted by Gasteiger charge is 2.17. The van der Waals surface area contributed by atoms with E-state index in [1.165, 1.54) is 5.56 Å². The summed E-state index contributed by atoms with van der Waals surface area (Å²) < 4.78 is 5.73. The molecule has 1 aromatic carbocycles. The minimum Gasteiger partial charge on any atom is -0.493 e. The minimum absolute atomic E-state index is 0.464. The Hall–Kier alpha value is -1.53. The molecule has 0 spiro atoms. The molecule has 0 fully saturated rings. The average molecular weight is 232 g/mol. The van der Waals surface area contributed by atoms with Crippen molar-refractivity contribution in [3.05, 3.63) is 28.8 Å². The van der Waals surface area contributed by atoms with Gasteiger partial charge in [0.15, 0.2) is 0 Å². The fourth-order valence-corrected chi connectivity index (χ4v) is 1.82. The summed E-state index contributed by atoms with van der Waals surface area (Å²) in [6.45, 7) is 8.30. The summed E-state index contributed by atoms with van der Waals surface area (Å²) in [5.74, 6) is 0.907. The smallest absolute Gasteiger partial charge is 0.125 e. The van der Waals surface area contributed by atoms with Crippen LogP contribution in [0.5, 0.6) is 5.75 Å². The van der Waals surface area contributed by atoms with Crippen LogP contribution in [-0.4, -0.2) is 12.1 Å². The van der Waals surface area contributed by atoms with E-state index in [0.29, 0.717) is 13.0 Å². The molecule has 1 unspecified atom stereocenters. The van der Waals surface area contributed by atoms with Crippen LogP contribution in [0, 0.1) is 32.1 Å². The van der Waals surface area contributed by atoms with Gasteiger partial charge in [0.25, 0.3) is 0 Å². The molecule has 0 bridgehead atoms. The van der Waals surface area contributed by atoms with E-state index in [9.17, 15) is 0 Å². The number of ether oxygens (including phenoxy) is 1. The van der Waals surface area contributed by atoms with Crippen molar-refractivity contribution in [3.8, 4) is 11.8 Å². The number of nitriles is 1. The van der Waals surface area contributed by atoms with Crippen molar-refractivity contribution in [2.75, 3.05) is 6.61 Å². The number of hydrogen-bond acceptors (Lipinski definition) is 3. The van der Waals surface area contributed by atoms with E-state index >= 15 is 0 Å². The predicted octanol–water partition coefficient (Wildman–Crippen LogP) is 2.62. The fourth-order valence-electron chi connectivity index (χ4n) is 1.82. The van der Waals surface area contributed by atoms with Crippen molar-refractivity contribution < 1.29 is 4.74 Å². The first-order valence-electron chi connectivity index (χ1n) is 5.76. The molecule has 0 saturated heterocycles. The number of nitrogens with two attached hydrogens (primary N) is 1. The van der Waals surface area contributed by atoms with Crippen molar-refractivity contribution in [2.24, 2.45) is 5.73 Å². The summed E-state index contributed by atoms with van der Waals surface area (Å²) in [6, 6.07) is 6.25. The molecule has 1 rings (SSSR count). The Bertz CT molecular complexity index is 421. The zero-order chi connectivity index (χ0) is 13.1. The lowest BCUT2D eigenvalue weighted by Gasteiger charge is -2.17. The summed E-state index contributed by atoms with van der Waals surface area (Å²) in [4.78, 5) is 0. The van der Waals surface area contributed by atoms with Crippen LogP contribution in [0.15, 0.2) is 12.1 Å². The largest absolute Gasteiger partial charge is 0.493 e. The van der Waals surface area contributed by atoms with Crippen LogP contribution in [0.25, 0.3) is 0 Å². The maximum atomic E-state index is 8.81. The minimum atomic E-state index is -0.813. The third-order valence-electron chi connectivity index (χ3n) is 2.73. The first-order valence-corrected chi connectivity index (χ1v) is 5.76. The van der Waals surface area contributed by atoms with E-state index in [1.807, 2.05) is 13.8 Å². The highest BCUT2D eigenvalue weighted by Crippen LogP contribution is 2.24. The molecule has 92 valence electrons. The highest BCUT2D eigenvalue weighted by atomic mass is 16.5. The van der Waals surface area contributed by atoms with Gasteiger partial charge in [0.2, 0.25) is 0 Å². The maximum Gasteiger partial charge on any atom is 0.125 e. The second-order valence-electron chi connectivity index (χ2n) is 4.86. The van der Waals surface area contributed by atoms with Crippen LogP contribution in [0.4, 0.5) is 0 Å². The molecule has 0 saturated carbocycles. The number of hydrogen-bond donors (Lipinski definition) is 1. The molecule has 17 heavy (non-hydrogen) atoms. The Morgan fingerprint density at radius 1 is 1.29 bits per heavy atom. The second kappa shape index (κ2) is 5.20. The number of aryl methyl sites for hydroxylation is 3. The highest BCUT2D eigenvalue weighted by molar-refractivity contribution is 5.42. The lowest BCUT2D eigenvalue weighted by molar-refractivity contribution is 0.283. The Morgan fingerprint density at radius 3 is 2.29 bits per heavy atom. The summed E-state index contributed by atoms with van der Waals surface area (Å²) in [5.41, 5.74) is 8.40. The maximum absolute atomic E-state index is 8.81. The van der Waals surface area contributed by atoms with Crippen molar-refractivity contribution in [2.45, 2.75) is 39.7 Å². The van der Waals surface area contributed by atoms with E-state index in [0.717, 1.165) is 16.9 Å². The predicted molar refractivity (Wildman–Crippen MR) is 69.0 cm³/mol. The third-order valence-corrected chi connectivity index (χ3v) is 2.73. The molecule has 0 heterocycles. The van der Waals surface area contributed by atoms with Crippen LogP contribution >= 0.6 is 0 Å². The van der Waals surface area contributed by atoms with Gasteiger partial charge in [0, 0.05) is 6.42 Å². The third kappa shape index (κ3) is 3.76. The first-order chi connectivity index (χ1) is 7.85. The normalized spacial score (nSPS) is 13.9. The summed E-state index contributed by atoms with van der Waals surface area (Å²) >= 11 is 0. The van der Waals surface area contributed by atoms with Crippen molar-refractivity contribution in [3.63, 3.8) is 0 Å². The zero-order valence-corrected chi connectivity index (χ0v) is 11.0. The average Bonchev–Trinajstić information content (AvgIpc) is 2.22. The molecule has 3 heteroatoms. The SMILES string of the molecule is Cc1cc(C)c(OCCC(C)(N)C#N)c(C)c1. The molecular weight excluding hydrogens is 212 g/mol. The standard InChI is InChI=1S/C14H20N2O/c1-10-7-11(2)13(12(3)8-10)17-6-5-14(4,16)9-15/h7-8H,5-6,16H2,1-4H3. The van der Waals surface area contributed by atoms with Gasteiger partial charge in [-0.2, -0.15) is 5.26 Å². The van der Waals surface area contributed by atoms with E-state index < -0.39 is 5.54 Å². The van der Waals surface area contributed by atoms with Crippen LogP contribution < -0.4 is 10.5 Å². The van der Waals surface area contributed by atoms with Gasteiger partial charge in [-0.05, 0) is 38.8 Å². The van der Waals surface area contributed by atoms with E-state index in [4.69, 9.17) is 15.7 Å². The molecule has 0 amide bonds. The van der Waals surface area contributed by atoms with Gasteiger partial charge in [0.1, 0.15) is 11.3 Å². The molecule has 0 aliphatic heterocycles. The van der Waals surface area contributed by atoms with Gasteiger partial charge < -0.3 is 10.5 Å². The first kappa shape index (κ1) is 13.5. The molecule has 1 aromatic rings. The van der Waals surface area contributed by atoms with Gasteiger partial charge in [-0.1, -0.05) is 17.7 Å². The fraction of sp³-hybridized carbons (Fsp3) is 0.500. The summed E-state index contributed by atoms with van der Waals surface area (Å²) in [5, 5.41) is 8.81. The lowest BCUT2D eigenvalue weighted by atomic mass is 10.0. The summed E-state index contributed by atoms with van der Waals surface area (Å²) in [7, 11) is 0. The number of benzene rings is 1. The van der Waals surface area contributed by atoms with Crippen molar-refractivity contribution in [1.82, 2.24) is 0 Å².